The lowest BCUT2D eigenvalue weighted by Crippen LogP contribution is -2.04. The summed E-state index contributed by atoms with van der Waals surface area (Å²) < 4.78 is 9.89. The van der Waals surface area contributed by atoms with E-state index in [4.69, 9.17) is 15.2 Å². The summed E-state index contributed by atoms with van der Waals surface area (Å²) in [6, 6.07) is 12.8. The van der Waals surface area contributed by atoms with Crippen molar-refractivity contribution in [1.82, 2.24) is 0 Å². The van der Waals surface area contributed by atoms with E-state index in [0.29, 0.717) is 11.3 Å². The number of methoxy groups -OCH3 is 2. The molecular weight excluding hydrogens is 274 g/mol. The molecule has 4 nitrogen and oxygen atoms in total. The number of esters is 1. The number of hydrogen-bond donors (Lipinski definition) is 1. The zero-order valence-corrected chi connectivity index (χ0v) is 12.1. The lowest BCUT2D eigenvalue weighted by atomic mass is 10.2. The maximum atomic E-state index is 11.8. The molecule has 2 aromatic rings. The van der Waals surface area contributed by atoms with Crippen molar-refractivity contribution in [3.63, 3.8) is 0 Å². The summed E-state index contributed by atoms with van der Waals surface area (Å²) in [6.07, 6.45) is 0. The Morgan fingerprint density at radius 1 is 1.10 bits per heavy atom. The molecule has 0 aliphatic carbocycles. The van der Waals surface area contributed by atoms with Crippen LogP contribution in [-0.4, -0.2) is 20.2 Å². The van der Waals surface area contributed by atoms with Crippen LogP contribution in [0, 0.1) is 0 Å². The molecule has 2 rings (SSSR count). The first kappa shape index (κ1) is 14.3. The van der Waals surface area contributed by atoms with Gasteiger partial charge in [-0.25, -0.2) is 4.79 Å². The fourth-order valence-electron chi connectivity index (χ4n) is 1.68. The van der Waals surface area contributed by atoms with E-state index in [2.05, 4.69) is 0 Å². The Morgan fingerprint density at radius 2 is 1.80 bits per heavy atom. The van der Waals surface area contributed by atoms with Crippen molar-refractivity contribution >= 4 is 23.4 Å². The molecule has 5 heteroatoms. The Labute approximate surface area is 121 Å². The van der Waals surface area contributed by atoms with E-state index in [9.17, 15) is 4.79 Å². The topological polar surface area (TPSA) is 61.5 Å². The minimum atomic E-state index is -0.395. The summed E-state index contributed by atoms with van der Waals surface area (Å²) in [5.74, 6) is 0.396. The Hall–Kier alpha value is -2.14. The van der Waals surface area contributed by atoms with Crippen molar-refractivity contribution in [2.24, 2.45) is 0 Å². The fraction of sp³-hybridized carbons (Fsp3) is 0.133. The standard InChI is InChI=1S/C15H15NO3S/c1-18-11-4-6-12(7-5-11)20-14-8-3-10(16)9-13(14)15(17)19-2/h3-9H,16H2,1-2H3. The van der Waals surface area contributed by atoms with Gasteiger partial charge in [0.2, 0.25) is 0 Å². The number of carbonyl (C=O) groups is 1. The van der Waals surface area contributed by atoms with Crippen LogP contribution in [0.25, 0.3) is 0 Å². The molecular formula is C15H15NO3S. The molecule has 0 aliphatic rings. The van der Waals surface area contributed by atoms with Crippen molar-refractivity contribution in [2.75, 3.05) is 20.0 Å². The average molecular weight is 289 g/mol. The molecule has 0 heterocycles. The first-order valence-electron chi connectivity index (χ1n) is 5.94. The molecule has 2 aromatic carbocycles. The van der Waals surface area contributed by atoms with Crippen LogP contribution >= 0.6 is 11.8 Å². The molecule has 0 aliphatic heterocycles. The van der Waals surface area contributed by atoms with E-state index >= 15 is 0 Å². The maximum absolute atomic E-state index is 11.8. The first-order chi connectivity index (χ1) is 9.63. The minimum Gasteiger partial charge on any atom is -0.497 e. The van der Waals surface area contributed by atoms with Gasteiger partial charge in [-0.1, -0.05) is 11.8 Å². The van der Waals surface area contributed by atoms with Crippen LogP contribution in [0.2, 0.25) is 0 Å². The minimum absolute atomic E-state index is 0.395. The van der Waals surface area contributed by atoms with E-state index in [1.165, 1.54) is 18.9 Å². The van der Waals surface area contributed by atoms with Crippen molar-refractivity contribution in [3.8, 4) is 5.75 Å². The van der Waals surface area contributed by atoms with Crippen molar-refractivity contribution in [2.45, 2.75) is 9.79 Å². The second-order valence-corrected chi connectivity index (χ2v) is 5.14. The largest absolute Gasteiger partial charge is 0.497 e. The van der Waals surface area contributed by atoms with Crippen LogP contribution in [0.15, 0.2) is 52.3 Å². The maximum Gasteiger partial charge on any atom is 0.339 e. The summed E-state index contributed by atoms with van der Waals surface area (Å²) in [6.45, 7) is 0. The van der Waals surface area contributed by atoms with Gasteiger partial charge in [0.15, 0.2) is 0 Å². The van der Waals surface area contributed by atoms with Crippen LogP contribution in [-0.2, 0) is 4.74 Å². The third-order valence-corrected chi connectivity index (χ3v) is 3.78. The zero-order chi connectivity index (χ0) is 14.5. The second-order valence-electron chi connectivity index (χ2n) is 4.02. The van der Waals surface area contributed by atoms with Gasteiger partial charge in [-0.2, -0.15) is 0 Å². The zero-order valence-electron chi connectivity index (χ0n) is 11.3. The van der Waals surface area contributed by atoms with Crippen molar-refractivity contribution < 1.29 is 14.3 Å². The Morgan fingerprint density at radius 3 is 2.40 bits per heavy atom. The number of carbonyl (C=O) groups excluding carboxylic acids is 1. The van der Waals surface area contributed by atoms with Gasteiger partial charge in [0.05, 0.1) is 19.8 Å². The van der Waals surface area contributed by atoms with Gasteiger partial charge in [-0.05, 0) is 42.5 Å². The summed E-state index contributed by atoms with van der Waals surface area (Å²) >= 11 is 1.47. The number of benzene rings is 2. The normalized spacial score (nSPS) is 10.1. The van der Waals surface area contributed by atoms with Gasteiger partial charge in [0.1, 0.15) is 5.75 Å². The monoisotopic (exact) mass is 289 g/mol. The summed E-state index contributed by atoms with van der Waals surface area (Å²) in [7, 11) is 2.98. The van der Waals surface area contributed by atoms with E-state index in [-0.39, 0.29) is 0 Å². The van der Waals surface area contributed by atoms with Gasteiger partial charge in [-0.3, -0.25) is 0 Å². The molecule has 0 amide bonds. The van der Waals surface area contributed by atoms with Gasteiger partial charge < -0.3 is 15.2 Å². The predicted octanol–water partition coefficient (Wildman–Crippen LogP) is 3.22. The summed E-state index contributed by atoms with van der Waals surface area (Å²) in [5, 5.41) is 0. The van der Waals surface area contributed by atoms with Gasteiger partial charge in [0.25, 0.3) is 0 Å². The Balaban J connectivity index is 2.30. The van der Waals surface area contributed by atoms with Gasteiger partial charge >= 0.3 is 5.97 Å². The van der Waals surface area contributed by atoms with Crippen LogP contribution in [0.4, 0.5) is 5.69 Å². The molecule has 20 heavy (non-hydrogen) atoms. The van der Waals surface area contributed by atoms with Crippen LogP contribution in [0.3, 0.4) is 0 Å². The van der Waals surface area contributed by atoms with Crippen LogP contribution < -0.4 is 10.5 Å². The molecule has 0 saturated heterocycles. The number of anilines is 1. The lowest BCUT2D eigenvalue weighted by Gasteiger charge is -2.09. The average Bonchev–Trinajstić information content (AvgIpc) is 2.49. The summed E-state index contributed by atoms with van der Waals surface area (Å²) in [5.41, 5.74) is 6.72. The van der Waals surface area contributed by atoms with E-state index < -0.39 is 5.97 Å². The quantitative estimate of drug-likeness (QED) is 0.691. The smallest absolute Gasteiger partial charge is 0.339 e. The highest BCUT2D eigenvalue weighted by Crippen LogP contribution is 2.32. The van der Waals surface area contributed by atoms with E-state index in [1.54, 1.807) is 19.2 Å². The molecule has 2 N–H and O–H groups in total. The number of nitrogen functional groups attached to an aromatic ring is 1. The predicted molar refractivity (Wildman–Crippen MR) is 79.3 cm³/mol. The van der Waals surface area contributed by atoms with Gasteiger partial charge in [0, 0.05) is 15.5 Å². The highest BCUT2D eigenvalue weighted by Gasteiger charge is 2.13. The molecule has 0 unspecified atom stereocenters. The van der Waals surface area contributed by atoms with E-state index in [1.807, 2.05) is 30.3 Å². The number of rotatable bonds is 4. The SMILES string of the molecule is COC(=O)c1cc(N)ccc1Sc1ccc(OC)cc1. The number of ether oxygens (including phenoxy) is 2. The molecule has 0 fully saturated rings. The number of nitrogens with two attached hydrogens (primary N) is 1. The molecule has 0 bridgehead atoms. The third kappa shape index (κ3) is 3.24. The lowest BCUT2D eigenvalue weighted by molar-refractivity contribution is 0.0597. The van der Waals surface area contributed by atoms with Crippen molar-refractivity contribution in [3.05, 3.63) is 48.0 Å². The van der Waals surface area contributed by atoms with E-state index in [0.717, 1.165) is 15.5 Å². The second kappa shape index (κ2) is 6.34. The Bertz CT molecular complexity index is 611. The van der Waals surface area contributed by atoms with Crippen LogP contribution in [0.5, 0.6) is 5.75 Å². The van der Waals surface area contributed by atoms with Crippen LogP contribution in [0.1, 0.15) is 10.4 Å². The molecule has 0 aromatic heterocycles. The number of hydrogen-bond acceptors (Lipinski definition) is 5. The Kier molecular flexibility index (Phi) is 4.53. The molecule has 0 atom stereocenters. The fourth-order valence-corrected chi connectivity index (χ4v) is 2.59. The van der Waals surface area contributed by atoms with Crippen molar-refractivity contribution in [1.29, 1.82) is 0 Å². The molecule has 0 saturated carbocycles. The summed E-state index contributed by atoms with van der Waals surface area (Å²) in [4.78, 5) is 13.6. The molecule has 0 radical (unpaired) electrons. The van der Waals surface area contributed by atoms with Gasteiger partial charge in [-0.15, -0.1) is 0 Å². The third-order valence-electron chi connectivity index (χ3n) is 2.70. The first-order valence-corrected chi connectivity index (χ1v) is 6.75. The highest BCUT2D eigenvalue weighted by atomic mass is 32.2. The molecule has 104 valence electrons. The highest BCUT2D eigenvalue weighted by molar-refractivity contribution is 7.99. The molecule has 0 spiro atoms.